The van der Waals surface area contributed by atoms with Crippen LogP contribution >= 0.6 is 23.2 Å². The van der Waals surface area contributed by atoms with Gasteiger partial charge in [0, 0.05) is 19.3 Å². The van der Waals surface area contributed by atoms with E-state index in [1.807, 2.05) is 4.90 Å². The predicted octanol–water partition coefficient (Wildman–Crippen LogP) is 3.48. The minimum atomic E-state index is -0.274. The van der Waals surface area contributed by atoms with Crippen LogP contribution in [-0.2, 0) is 4.74 Å². The molecule has 120 valence electrons. The third kappa shape index (κ3) is 3.58. The fraction of sp³-hybridized carbons (Fsp3) is 0.250. The molecule has 2 aromatic rings. The summed E-state index contributed by atoms with van der Waals surface area (Å²) >= 11 is 12.1. The molecule has 23 heavy (non-hydrogen) atoms. The second-order valence-electron chi connectivity index (χ2n) is 5.03. The lowest BCUT2D eigenvalue weighted by Gasteiger charge is -2.29. The molecule has 1 fully saturated rings. The molecule has 1 aliphatic heterocycles. The Balaban J connectivity index is 1.86. The maximum absolute atomic E-state index is 12.6. The highest BCUT2D eigenvalue weighted by molar-refractivity contribution is 6.44. The fourth-order valence-corrected chi connectivity index (χ4v) is 2.74. The molecular formula is C16H15Cl2N3O2. The number of hydrogen-bond donors (Lipinski definition) is 1. The third-order valence-corrected chi connectivity index (χ3v) is 4.36. The Bertz CT molecular complexity index is 718. The van der Waals surface area contributed by atoms with Crippen LogP contribution in [-0.4, -0.2) is 37.2 Å². The molecule has 0 saturated carbocycles. The molecule has 0 unspecified atom stereocenters. The second-order valence-corrected chi connectivity index (χ2v) is 5.81. The van der Waals surface area contributed by atoms with Gasteiger partial charge in [-0.3, -0.25) is 4.79 Å². The van der Waals surface area contributed by atoms with Gasteiger partial charge in [0.15, 0.2) is 0 Å². The van der Waals surface area contributed by atoms with Crippen molar-refractivity contribution in [2.75, 3.05) is 36.5 Å². The van der Waals surface area contributed by atoms with Crippen molar-refractivity contribution < 1.29 is 9.53 Å². The number of pyridine rings is 1. The fourth-order valence-electron chi connectivity index (χ4n) is 2.39. The molecule has 1 N–H and O–H groups in total. The summed E-state index contributed by atoms with van der Waals surface area (Å²) in [4.78, 5) is 19.0. The van der Waals surface area contributed by atoms with E-state index in [2.05, 4.69) is 10.3 Å². The molecule has 2 heterocycles. The van der Waals surface area contributed by atoms with Crippen LogP contribution in [0.3, 0.4) is 0 Å². The minimum Gasteiger partial charge on any atom is -0.378 e. The van der Waals surface area contributed by atoms with Crippen LogP contribution < -0.4 is 10.2 Å². The van der Waals surface area contributed by atoms with Crippen LogP contribution in [0.25, 0.3) is 0 Å². The van der Waals surface area contributed by atoms with Gasteiger partial charge in [-0.2, -0.15) is 0 Å². The standard InChI is InChI=1S/C16H15Cl2N3O2/c17-12-4-1-5-13(14(12)18)20-16(22)11-3-2-6-19-15(11)21-7-9-23-10-8-21/h1-6H,7-10H2,(H,20,22). The first kappa shape index (κ1) is 16.1. The van der Waals surface area contributed by atoms with Crippen molar-refractivity contribution in [2.24, 2.45) is 0 Å². The highest BCUT2D eigenvalue weighted by Crippen LogP contribution is 2.30. The van der Waals surface area contributed by atoms with Gasteiger partial charge in [0.1, 0.15) is 5.82 Å². The lowest BCUT2D eigenvalue weighted by molar-refractivity contribution is 0.102. The summed E-state index contributed by atoms with van der Waals surface area (Å²) in [6, 6.07) is 8.58. The molecule has 0 aliphatic carbocycles. The zero-order valence-corrected chi connectivity index (χ0v) is 13.8. The van der Waals surface area contributed by atoms with E-state index in [1.54, 1.807) is 36.5 Å². The zero-order valence-electron chi connectivity index (χ0n) is 12.3. The van der Waals surface area contributed by atoms with Crippen molar-refractivity contribution in [3.63, 3.8) is 0 Å². The quantitative estimate of drug-likeness (QED) is 0.919. The first-order valence-electron chi connectivity index (χ1n) is 7.20. The van der Waals surface area contributed by atoms with Crippen molar-refractivity contribution in [2.45, 2.75) is 0 Å². The number of carbonyl (C=O) groups is 1. The van der Waals surface area contributed by atoms with Crippen LogP contribution in [0.5, 0.6) is 0 Å². The maximum atomic E-state index is 12.6. The number of nitrogens with one attached hydrogen (secondary N) is 1. The lowest BCUT2D eigenvalue weighted by atomic mass is 10.2. The molecule has 1 aromatic heterocycles. The molecular weight excluding hydrogens is 337 g/mol. The number of anilines is 2. The van der Waals surface area contributed by atoms with Gasteiger partial charge in [-0.1, -0.05) is 29.3 Å². The smallest absolute Gasteiger partial charge is 0.259 e. The summed E-state index contributed by atoms with van der Waals surface area (Å²) in [7, 11) is 0. The van der Waals surface area contributed by atoms with Gasteiger partial charge in [0.05, 0.1) is 34.5 Å². The van der Waals surface area contributed by atoms with Crippen molar-refractivity contribution >= 4 is 40.6 Å². The van der Waals surface area contributed by atoms with Gasteiger partial charge in [0.25, 0.3) is 5.91 Å². The Kier molecular flexibility index (Phi) is 5.00. The van der Waals surface area contributed by atoms with Crippen LogP contribution in [0.2, 0.25) is 10.0 Å². The Hall–Kier alpha value is -1.82. The zero-order chi connectivity index (χ0) is 16.2. The number of amides is 1. The van der Waals surface area contributed by atoms with Gasteiger partial charge in [0.2, 0.25) is 0 Å². The molecule has 1 saturated heterocycles. The van der Waals surface area contributed by atoms with Crippen LogP contribution in [0.15, 0.2) is 36.5 Å². The molecule has 0 radical (unpaired) electrons. The summed E-state index contributed by atoms with van der Waals surface area (Å²) in [6.45, 7) is 2.65. The van der Waals surface area contributed by atoms with Crippen LogP contribution in [0.1, 0.15) is 10.4 Å². The molecule has 0 atom stereocenters. The average molecular weight is 352 g/mol. The molecule has 5 nitrogen and oxygen atoms in total. The SMILES string of the molecule is O=C(Nc1cccc(Cl)c1Cl)c1cccnc1N1CCOCC1. The lowest BCUT2D eigenvalue weighted by Crippen LogP contribution is -2.38. The summed E-state index contributed by atoms with van der Waals surface area (Å²) in [6.07, 6.45) is 1.67. The Morgan fingerprint density at radius 1 is 1.17 bits per heavy atom. The Morgan fingerprint density at radius 2 is 1.96 bits per heavy atom. The van der Waals surface area contributed by atoms with E-state index in [4.69, 9.17) is 27.9 Å². The predicted molar refractivity (Wildman–Crippen MR) is 91.7 cm³/mol. The first-order chi connectivity index (χ1) is 11.2. The van der Waals surface area contributed by atoms with Gasteiger partial charge >= 0.3 is 0 Å². The number of ether oxygens (including phenoxy) is 1. The number of benzene rings is 1. The van der Waals surface area contributed by atoms with Crippen LogP contribution in [0, 0.1) is 0 Å². The van der Waals surface area contributed by atoms with E-state index in [-0.39, 0.29) is 5.91 Å². The van der Waals surface area contributed by atoms with E-state index >= 15 is 0 Å². The van der Waals surface area contributed by atoms with E-state index in [0.29, 0.717) is 53.4 Å². The van der Waals surface area contributed by atoms with E-state index in [1.165, 1.54) is 0 Å². The maximum Gasteiger partial charge on any atom is 0.259 e. The minimum absolute atomic E-state index is 0.274. The third-order valence-electron chi connectivity index (χ3n) is 3.54. The molecule has 3 rings (SSSR count). The molecule has 1 aromatic carbocycles. The Labute approximate surface area is 144 Å². The number of hydrogen-bond acceptors (Lipinski definition) is 4. The summed E-state index contributed by atoms with van der Waals surface area (Å²) in [5, 5.41) is 3.51. The number of rotatable bonds is 3. The topological polar surface area (TPSA) is 54.5 Å². The summed E-state index contributed by atoms with van der Waals surface area (Å²) in [5.41, 5.74) is 0.964. The summed E-state index contributed by atoms with van der Waals surface area (Å²) < 4.78 is 5.34. The molecule has 0 bridgehead atoms. The summed E-state index contributed by atoms with van der Waals surface area (Å²) in [5.74, 6) is 0.371. The molecule has 1 amide bonds. The first-order valence-corrected chi connectivity index (χ1v) is 7.95. The number of morpholine rings is 1. The second kappa shape index (κ2) is 7.17. The van der Waals surface area contributed by atoms with Crippen molar-refractivity contribution in [3.05, 3.63) is 52.1 Å². The van der Waals surface area contributed by atoms with E-state index < -0.39 is 0 Å². The van der Waals surface area contributed by atoms with Gasteiger partial charge < -0.3 is 15.0 Å². The van der Waals surface area contributed by atoms with Gasteiger partial charge in [-0.05, 0) is 24.3 Å². The average Bonchev–Trinajstić information content (AvgIpc) is 2.60. The largest absolute Gasteiger partial charge is 0.378 e. The van der Waals surface area contributed by atoms with Gasteiger partial charge in [-0.15, -0.1) is 0 Å². The molecule has 1 aliphatic rings. The number of carbonyl (C=O) groups excluding carboxylic acids is 1. The van der Waals surface area contributed by atoms with Crippen molar-refractivity contribution in [3.8, 4) is 0 Å². The number of nitrogens with zero attached hydrogens (tertiary/aromatic N) is 2. The van der Waals surface area contributed by atoms with Crippen molar-refractivity contribution in [1.82, 2.24) is 4.98 Å². The number of aromatic nitrogens is 1. The highest BCUT2D eigenvalue weighted by Gasteiger charge is 2.20. The molecule has 7 heteroatoms. The monoisotopic (exact) mass is 351 g/mol. The van der Waals surface area contributed by atoms with Crippen molar-refractivity contribution in [1.29, 1.82) is 0 Å². The van der Waals surface area contributed by atoms with Crippen LogP contribution in [0.4, 0.5) is 11.5 Å². The van der Waals surface area contributed by atoms with E-state index in [0.717, 1.165) is 0 Å². The Morgan fingerprint density at radius 3 is 2.74 bits per heavy atom. The highest BCUT2D eigenvalue weighted by atomic mass is 35.5. The number of halogens is 2. The van der Waals surface area contributed by atoms with Gasteiger partial charge in [-0.25, -0.2) is 4.98 Å². The molecule has 0 spiro atoms. The van der Waals surface area contributed by atoms with E-state index in [9.17, 15) is 4.79 Å². The normalized spacial score (nSPS) is 14.6.